The highest BCUT2D eigenvalue weighted by atomic mass is 16.1. The second-order valence-corrected chi connectivity index (χ2v) is 3.25. The van der Waals surface area contributed by atoms with Crippen molar-refractivity contribution in [3.63, 3.8) is 0 Å². The molecule has 0 heterocycles. The van der Waals surface area contributed by atoms with Gasteiger partial charge < -0.3 is 0 Å². The van der Waals surface area contributed by atoms with Crippen molar-refractivity contribution in [1.82, 2.24) is 0 Å². The minimum atomic E-state index is 0.219. The minimum absolute atomic E-state index is 0.219. The van der Waals surface area contributed by atoms with Crippen LogP contribution in [0.2, 0.25) is 0 Å². The first kappa shape index (κ1) is 8.25. The van der Waals surface area contributed by atoms with Crippen molar-refractivity contribution in [3.05, 3.63) is 23.8 Å². The number of rotatable bonds is 1. The van der Waals surface area contributed by atoms with Gasteiger partial charge in [0.15, 0.2) is 5.78 Å². The lowest BCUT2D eigenvalue weighted by molar-refractivity contribution is -0.115. The van der Waals surface area contributed by atoms with Crippen LogP contribution in [-0.4, -0.2) is 5.78 Å². The highest BCUT2D eigenvalue weighted by molar-refractivity contribution is 6.00. The van der Waals surface area contributed by atoms with Crippen molar-refractivity contribution < 1.29 is 4.79 Å². The topological polar surface area (TPSA) is 17.1 Å². The Morgan fingerprint density at radius 2 is 2.18 bits per heavy atom. The normalized spacial score (nSPS) is 19.0. The van der Waals surface area contributed by atoms with E-state index in [2.05, 4.69) is 26.5 Å². The molecule has 0 N–H and O–H groups in total. The second kappa shape index (κ2) is 3.04. The Labute approximate surface area is 67.8 Å². The Hall–Kier alpha value is -0.850. The molecule has 0 bridgehead atoms. The molecule has 0 aromatic heterocycles. The molecular formula is C10H14O. The summed E-state index contributed by atoms with van der Waals surface area (Å²) in [6.45, 7) is 7.97. The Bertz CT molecular complexity index is 221. The van der Waals surface area contributed by atoms with Crippen LogP contribution in [0.15, 0.2) is 23.8 Å². The fourth-order valence-corrected chi connectivity index (χ4v) is 1.38. The maximum Gasteiger partial charge on any atom is 0.162 e. The quantitative estimate of drug-likeness (QED) is 0.525. The SMILES string of the molecule is C=C1C(=O)CCC=C1C(C)C. The van der Waals surface area contributed by atoms with Gasteiger partial charge in [0.05, 0.1) is 0 Å². The molecule has 0 saturated carbocycles. The van der Waals surface area contributed by atoms with E-state index in [0.29, 0.717) is 12.3 Å². The molecule has 1 aliphatic carbocycles. The lowest BCUT2D eigenvalue weighted by atomic mass is 9.87. The van der Waals surface area contributed by atoms with Gasteiger partial charge in [0.2, 0.25) is 0 Å². The van der Waals surface area contributed by atoms with Crippen LogP contribution in [0.5, 0.6) is 0 Å². The first-order chi connectivity index (χ1) is 5.13. The summed E-state index contributed by atoms with van der Waals surface area (Å²) < 4.78 is 0. The van der Waals surface area contributed by atoms with Gasteiger partial charge in [-0.3, -0.25) is 4.79 Å². The maximum atomic E-state index is 11.2. The molecule has 0 aromatic carbocycles. The van der Waals surface area contributed by atoms with E-state index < -0.39 is 0 Å². The highest BCUT2D eigenvalue weighted by Gasteiger charge is 2.17. The molecule has 0 aliphatic heterocycles. The molecule has 0 aromatic rings. The number of ketones is 1. The molecule has 1 nitrogen and oxygen atoms in total. The van der Waals surface area contributed by atoms with Crippen LogP contribution in [0, 0.1) is 5.92 Å². The Balaban J connectivity index is 2.87. The number of carbonyl (C=O) groups is 1. The molecule has 1 aliphatic rings. The number of hydrogen-bond donors (Lipinski definition) is 0. The average molecular weight is 150 g/mol. The number of carbonyl (C=O) groups excluding carboxylic acids is 1. The summed E-state index contributed by atoms with van der Waals surface area (Å²) in [5.74, 6) is 0.656. The molecule has 60 valence electrons. The monoisotopic (exact) mass is 150 g/mol. The average Bonchev–Trinajstić information content (AvgIpc) is 1.94. The fourth-order valence-electron chi connectivity index (χ4n) is 1.38. The van der Waals surface area contributed by atoms with Crippen LogP contribution in [0.4, 0.5) is 0 Å². The highest BCUT2D eigenvalue weighted by Crippen LogP contribution is 2.25. The van der Waals surface area contributed by atoms with Gasteiger partial charge in [-0.05, 0) is 17.9 Å². The van der Waals surface area contributed by atoms with Crippen molar-refractivity contribution in [2.24, 2.45) is 5.92 Å². The van der Waals surface area contributed by atoms with Crippen molar-refractivity contribution in [2.75, 3.05) is 0 Å². The van der Waals surface area contributed by atoms with E-state index in [1.807, 2.05) is 0 Å². The van der Waals surface area contributed by atoms with Gasteiger partial charge in [-0.2, -0.15) is 0 Å². The van der Waals surface area contributed by atoms with Crippen LogP contribution in [-0.2, 0) is 4.79 Å². The molecule has 0 fully saturated rings. The molecule has 0 saturated heterocycles. The molecule has 0 spiro atoms. The molecule has 1 heteroatoms. The zero-order valence-corrected chi connectivity index (χ0v) is 7.18. The van der Waals surface area contributed by atoms with Crippen molar-refractivity contribution in [1.29, 1.82) is 0 Å². The summed E-state index contributed by atoms with van der Waals surface area (Å²) >= 11 is 0. The van der Waals surface area contributed by atoms with Crippen molar-refractivity contribution in [2.45, 2.75) is 26.7 Å². The van der Waals surface area contributed by atoms with Crippen LogP contribution >= 0.6 is 0 Å². The second-order valence-electron chi connectivity index (χ2n) is 3.25. The number of hydrogen-bond acceptors (Lipinski definition) is 1. The first-order valence-electron chi connectivity index (χ1n) is 4.05. The van der Waals surface area contributed by atoms with Gasteiger partial charge in [0.25, 0.3) is 0 Å². The summed E-state index contributed by atoms with van der Waals surface area (Å²) in [5.41, 5.74) is 1.87. The van der Waals surface area contributed by atoms with E-state index in [1.54, 1.807) is 0 Å². The lowest BCUT2D eigenvalue weighted by Crippen LogP contribution is -2.11. The van der Waals surface area contributed by atoms with E-state index in [-0.39, 0.29) is 5.78 Å². The molecule has 0 radical (unpaired) electrons. The molecule has 11 heavy (non-hydrogen) atoms. The third-order valence-corrected chi connectivity index (χ3v) is 2.04. The number of Topliss-reactive ketones (excluding diaryl/α,β-unsaturated/α-hetero) is 1. The molecular weight excluding hydrogens is 136 g/mol. The van der Waals surface area contributed by atoms with Crippen LogP contribution in [0.25, 0.3) is 0 Å². The standard InChI is InChI=1S/C10H14O/c1-7(2)9-5-4-6-10(11)8(9)3/h5,7H,3-4,6H2,1-2H3. The fraction of sp³-hybridized carbons (Fsp3) is 0.500. The minimum Gasteiger partial charge on any atom is -0.294 e. The third kappa shape index (κ3) is 1.59. The van der Waals surface area contributed by atoms with Gasteiger partial charge >= 0.3 is 0 Å². The van der Waals surface area contributed by atoms with E-state index in [1.165, 1.54) is 0 Å². The van der Waals surface area contributed by atoms with E-state index in [0.717, 1.165) is 17.6 Å². The van der Waals surface area contributed by atoms with Gasteiger partial charge in [-0.15, -0.1) is 0 Å². The van der Waals surface area contributed by atoms with Crippen LogP contribution in [0.3, 0.4) is 0 Å². The van der Waals surface area contributed by atoms with Gasteiger partial charge in [0.1, 0.15) is 0 Å². The molecule has 0 atom stereocenters. The van der Waals surface area contributed by atoms with Gasteiger partial charge in [-0.1, -0.05) is 26.5 Å². The smallest absolute Gasteiger partial charge is 0.162 e. The van der Waals surface area contributed by atoms with E-state index in [4.69, 9.17) is 0 Å². The number of allylic oxidation sites excluding steroid dienone is 3. The summed E-state index contributed by atoms with van der Waals surface area (Å²) in [4.78, 5) is 11.2. The molecule has 1 rings (SSSR count). The zero-order chi connectivity index (χ0) is 8.43. The largest absolute Gasteiger partial charge is 0.294 e. The molecule has 0 unspecified atom stereocenters. The summed E-state index contributed by atoms with van der Waals surface area (Å²) in [7, 11) is 0. The summed E-state index contributed by atoms with van der Waals surface area (Å²) in [5, 5.41) is 0. The predicted octanol–water partition coefficient (Wildman–Crippen LogP) is 2.49. The zero-order valence-electron chi connectivity index (χ0n) is 7.18. The van der Waals surface area contributed by atoms with Gasteiger partial charge in [-0.25, -0.2) is 0 Å². The summed E-state index contributed by atoms with van der Waals surface area (Å²) in [6.07, 6.45) is 3.68. The lowest BCUT2D eigenvalue weighted by Gasteiger charge is -2.17. The van der Waals surface area contributed by atoms with E-state index in [9.17, 15) is 4.79 Å². The Morgan fingerprint density at radius 3 is 2.64 bits per heavy atom. The first-order valence-corrected chi connectivity index (χ1v) is 4.05. The Morgan fingerprint density at radius 1 is 1.55 bits per heavy atom. The van der Waals surface area contributed by atoms with Crippen LogP contribution < -0.4 is 0 Å². The maximum absolute atomic E-state index is 11.2. The summed E-state index contributed by atoms with van der Waals surface area (Å²) in [6, 6.07) is 0. The Kier molecular flexibility index (Phi) is 2.28. The predicted molar refractivity (Wildman–Crippen MR) is 46.3 cm³/mol. The van der Waals surface area contributed by atoms with Gasteiger partial charge in [0, 0.05) is 12.0 Å². The van der Waals surface area contributed by atoms with Crippen LogP contribution in [0.1, 0.15) is 26.7 Å². The third-order valence-electron chi connectivity index (χ3n) is 2.04. The van der Waals surface area contributed by atoms with Crippen molar-refractivity contribution >= 4 is 5.78 Å². The van der Waals surface area contributed by atoms with Crippen molar-refractivity contribution in [3.8, 4) is 0 Å². The van der Waals surface area contributed by atoms with E-state index >= 15 is 0 Å². The molecule has 0 amide bonds.